The molecule has 0 amide bonds. The van der Waals surface area contributed by atoms with Gasteiger partial charge in [-0.3, -0.25) is 0 Å². The van der Waals surface area contributed by atoms with E-state index in [-0.39, 0.29) is 5.92 Å². The molecule has 0 aliphatic rings. The second-order valence-corrected chi connectivity index (χ2v) is 4.93. The van der Waals surface area contributed by atoms with Gasteiger partial charge < -0.3 is 4.52 Å². The van der Waals surface area contributed by atoms with E-state index in [1.807, 2.05) is 55.5 Å². The average molecular weight is 262 g/mol. The largest absolute Gasteiger partial charge is 0.356 e. The number of aryl methyl sites for hydroxylation is 1. The molecular formula is C17H14N2O. The first-order chi connectivity index (χ1) is 9.78. The van der Waals surface area contributed by atoms with E-state index in [9.17, 15) is 5.26 Å². The maximum absolute atomic E-state index is 9.39. The molecule has 0 fully saturated rings. The molecule has 0 saturated carbocycles. The van der Waals surface area contributed by atoms with Gasteiger partial charge in [-0.2, -0.15) is 5.26 Å². The van der Waals surface area contributed by atoms with E-state index in [2.05, 4.69) is 11.2 Å². The van der Waals surface area contributed by atoms with Crippen LogP contribution in [0.15, 0.2) is 53.1 Å². The molecule has 98 valence electrons. The van der Waals surface area contributed by atoms with Crippen molar-refractivity contribution in [3.63, 3.8) is 0 Å². The summed E-state index contributed by atoms with van der Waals surface area (Å²) < 4.78 is 5.35. The zero-order valence-corrected chi connectivity index (χ0v) is 11.2. The maximum Gasteiger partial charge on any atom is 0.167 e. The molecule has 3 nitrogen and oxygen atoms in total. The molecule has 0 aliphatic carbocycles. The first kappa shape index (κ1) is 12.4. The highest BCUT2D eigenvalue weighted by molar-refractivity contribution is 5.80. The molecule has 0 N–H and O–H groups in total. The van der Waals surface area contributed by atoms with Gasteiger partial charge in [-0.05, 0) is 30.2 Å². The fraction of sp³-hybridized carbons (Fsp3) is 0.176. The normalized spacial score (nSPS) is 12.2. The molecule has 1 heterocycles. The number of nitriles is 1. The summed E-state index contributed by atoms with van der Waals surface area (Å²) in [6.07, 6.45) is 0.566. The Morgan fingerprint density at radius 3 is 2.75 bits per heavy atom. The van der Waals surface area contributed by atoms with Crippen LogP contribution in [0.5, 0.6) is 0 Å². The maximum atomic E-state index is 9.39. The van der Waals surface area contributed by atoms with Crippen LogP contribution >= 0.6 is 0 Å². The summed E-state index contributed by atoms with van der Waals surface area (Å²) in [5.41, 5.74) is 3.78. The van der Waals surface area contributed by atoms with Crippen LogP contribution in [0.25, 0.3) is 11.0 Å². The topological polar surface area (TPSA) is 49.8 Å². The Balaban J connectivity index is 1.94. The molecule has 3 heteroatoms. The second-order valence-electron chi connectivity index (χ2n) is 4.93. The van der Waals surface area contributed by atoms with Crippen LogP contribution in [-0.4, -0.2) is 5.16 Å². The number of aromatic nitrogens is 1. The van der Waals surface area contributed by atoms with Crippen LogP contribution in [0.2, 0.25) is 0 Å². The monoisotopic (exact) mass is 262 g/mol. The number of rotatable bonds is 3. The highest BCUT2D eigenvalue weighted by Gasteiger charge is 2.16. The van der Waals surface area contributed by atoms with Gasteiger partial charge in [0.25, 0.3) is 0 Å². The first-order valence-electron chi connectivity index (χ1n) is 6.57. The van der Waals surface area contributed by atoms with E-state index >= 15 is 0 Å². The number of nitrogens with zero attached hydrogens (tertiary/aromatic N) is 2. The summed E-state index contributed by atoms with van der Waals surface area (Å²) in [4.78, 5) is 0. The van der Waals surface area contributed by atoms with E-state index in [0.717, 1.165) is 27.8 Å². The van der Waals surface area contributed by atoms with Crippen LogP contribution in [0.1, 0.15) is 22.7 Å². The van der Waals surface area contributed by atoms with Gasteiger partial charge in [0, 0.05) is 11.8 Å². The van der Waals surface area contributed by atoms with Gasteiger partial charge in [-0.1, -0.05) is 41.6 Å². The second kappa shape index (κ2) is 5.18. The zero-order chi connectivity index (χ0) is 13.9. The molecule has 0 saturated heterocycles. The van der Waals surface area contributed by atoms with Crippen molar-refractivity contribution in [3.8, 4) is 6.07 Å². The molecular weight excluding hydrogens is 248 g/mol. The van der Waals surface area contributed by atoms with Crippen molar-refractivity contribution in [2.24, 2.45) is 0 Å². The van der Waals surface area contributed by atoms with Crippen LogP contribution in [0.4, 0.5) is 0 Å². The van der Waals surface area contributed by atoms with Crippen LogP contribution in [-0.2, 0) is 6.42 Å². The summed E-state index contributed by atoms with van der Waals surface area (Å²) in [5.74, 6) is -0.203. The third-order valence-corrected chi connectivity index (χ3v) is 3.46. The zero-order valence-electron chi connectivity index (χ0n) is 11.2. The summed E-state index contributed by atoms with van der Waals surface area (Å²) in [6, 6.07) is 18.2. The fourth-order valence-electron chi connectivity index (χ4n) is 2.36. The van der Waals surface area contributed by atoms with Gasteiger partial charge in [0.15, 0.2) is 5.58 Å². The lowest BCUT2D eigenvalue weighted by Gasteiger charge is -2.07. The highest BCUT2D eigenvalue weighted by Crippen LogP contribution is 2.25. The Bertz CT molecular complexity index is 769. The number of hydrogen-bond donors (Lipinski definition) is 0. The Hall–Kier alpha value is -2.60. The molecule has 1 aromatic heterocycles. The molecule has 20 heavy (non-hydrogen) atoms. The van der Waals surface area contributed by atoms with Crippen molar-refractivity contribution in [1.82, 2.24) is 5.16 Å². The third kappa shape index (κ3) is 2.28. The smallest absolute Gasteiger partial charge is 0.167 e. The Kier molecular flexibility index (Phi) is 3.22. The average Bonchev–Trinajstić information content (AvgIpc) is 2.87. The number of benzene rings is 2. The van der Waals surface area contributed by atoms with Crippen LogP contribution in [0, 0.1) is 18.3 Å². The van der Waals surface area contributed by atoms with E-state index in [1.54, 1.807) is 0 Å². The molecule has 1 unspecified atom stereocenters. The molecule has 1 atom stereocenters. The van der Waals surface area contributed by atoms with Gasteiger partial charge >= 0.3 is 0 Å². The summed E-state index contributed by atoms with van der Waals surface area (Å²) in [5, 5.41) is 14.5. The minimum Gasteiger partial charge on any atom is -0.356 e. The van der Waals surface area contributed by atoms with Crippen molar-refractivity contribution < 1.29 is 4.52 Å². The Morgan fingerprint density at radius 1 is 1.20 bits per heavy atom. The lowest BCUT2D eigenvalue weighted by Crippen LogP contribution is -2.00. The lowest BCUT2D eigenvalue weighted by molar-refractivity contribution is 0.444. The Morgan fingerprint density at radius 2 is 2.00 bits per heavy atom. The SMILES string of the molecule is Cc1ccc2c(CC(C#N)c3ccccc3)noc2c1. The minimum atomic E-state index is -0.203. The van der Waals surface area contributed by atoms with Crippen LogP contribution in [0.3, 0.4) is 0 Å². The van der Waals surface area contributed by atoms with Gasteiger partial charge in [0.05, 0.1) is 17.7 Å². The van der Waals surface area contributed by atoms with E-state index in [1.165, 1.54) is 0 Å². The molecule has 3 aromatic rings. The van der Waals surface area contributed by atoms with Gasteiger partial charge in [0.2, 0.25) is 0 Å². The molecule has 0 spiro atoms. The fourth-order valence-corrected chi connectivity index (χ4v) is 2.36. The molecule has 0 radical (unpaired) electrons. The van der Waals surface area contributed by atoms with Crippen molar-refractivity contribution in [2.45, 2.75) is 19.3 Å². The predicted molar refractivity (Wildman–Crippen MR) is 77.2 cm³/mol. The number of hydrogen-bond acceptors (Lipinski definition) is 3. The molecule has 2 aromatic carbocycles. The van der Waals surface area contributed by atoms with Crippen molar-refractivity contribution in [1.29, 1.82) is 5.26 Å². The molecule has 0 bridgehead atoms. The molecule has 0 aliphatic heterocycles. The van der Waals surface area contributed by atoms with E-state index in [4.69, 9.17) is 4.52 Å². The summed E-state index contributed by atoms with van der Waals surface area (Å²) in [6.45, 7) is 2.02. The standard InChI is InChI=1S/C17H14N2O/c1-12-7-8-15-16(19-20-17(15)9-12)10-14(11-18)13-5-3-2-4-6-13/h2-9,14H,10H2,1H3. The van der Waals surface area contributed by atoms with E-state index < -0.39 is 0 Å². The summed E-state index contributed by atoms with van der Waals surface area (Å²) in [7, 11) is 0. The first-order valence-corrected chi connectivity index (χ1v) is 6.57. The van der Waals surface area contributed by atoms with Crippen LogP contribution < -0.4 is 0 Å². The van der Waals surface area contributed by atoms with Crippen molar-refractivity contribution in [2.75, 3.05) is 0 Å². The van der Waals surface area contributed by atoms with Crippen molar-refractivity contribution >= 4 is 11.0 Å². The summed E-state index contributed by atoms with van der Waals surface area (Å²) >= 11 is 0. The highest BCUT2D eigenvalue weighted by atomic mass is 16.5. The molecule has 3 rings (SSSR count). The quantitative estimate of drug-likeness (QED) is 0.717. The third-order valence-electron chi connectivity index (χ3n) is 3.46. The van der Waals surface area contributed by atoms with E-state index in [0.29, 0.717) is 6.42 Å². The van der Waals surface area contributed by atoms with Gasteiger partial charge in [0.1, 0.15) is 0 Å². The lowest BCUT2D eigenvalue weighted by atomic mass is 9.94. The predicted octanol–water partition coefficient (Wildman–Crippen LogP) is 3.99. The van der Waals surface area contributed by atoms with Gasteiger partial charge in [-0.15, -0.1) is 0 Å². The van der Waals surface area contributed by atoms with Gasteiger partial charge in [-0.25, -0.2) is 0 Å². The Labute approximate surface area is 117 Å². The van der Waals surface area contributed by atoms with Crippen molar-refractivity contribution in [3.05, 3.63) is 65.4 Å². The minimum absolute atomic E-state index is 0.203. The number of fused-ring (bicyclic) bond motifs is 1.